The topological polar surface area (TPSA) is 51.1 Å². The second-order valence-corrected chi connectivity index (χ2v) is 8.85. The largest absolute Gasteiger partial charge is 0.497 e. The van der Waals surface area contributed by atoms with Crippen LogP contribution >= 0.6 is 22.7 Å². The van der Waals surface area contributed by atoms with Gasteiger partial charge in [0.2, 0.25) is 0 Å². The third-order valence-corrected chi connectivity index (χ3v) is 6.75. The highest BCUT2D eigenvalue weighted by Crippen LogP contribution is 2.27. The van der Waals surface area contributed by atoms with Crippen LogP contribution in [0.3, 0.4) is 0 Å². The molecule has 1 aromatic carbocycles. The third-order valence-electron chi connectivity index (χ3n) is 5.05. The Morgan fingerprint density at radius 2 is 2.00 bits per heavy atom. The zero-order valence-electron chi connectivity index (χ0n) is 16.0. The summed E-state index contributed by atoms with van der Waals surface area (Å²) < 4.78 is 5.23. The van der Waals surface area contributed by atoms with Gasteiger partial charge in [-0.3, -0.25) is 4.90 Å². The van der Waals surface area contributed by atoms with Crippen molar-refractivity contribution in [3.05, 3.63) is 69.6 Å². The lowest BCUT2D eigenvalue weighted by Crippen LogP contribution is -2.30. The molecule has 4 heterocycles. The molecule has 0 aliphatic carbocycles. The van der Waals surface area contributed by atoms with E-state index in [1.807, 2.05) is 24.4 Å². The van der Waals surface area contributed by atoms with Crippen LogP contribution in [0.4, 0.5) is 0 Å². The lowest BCUT2D eigenvalue weighted by molar-refractivity contribution is 0.242. The number of methoxy groups -OCH3 is 1. The fourth-order valence-electron chi connectivity index (χ4n) is 3.50. The van der Waals surface area contributed by atoms with Crippen LogP contribution in [0.15, 0.2) is 53.4 Å². The third kappa shape index (κ3) is 3.94. The zero-order valence-corrected chi connectivity index (χ0v) is 17.7. The molecule has 0 saturated heterocycles. The van der Waals surface area contributed by atoms with Crippen molar-refractivity contribution in [3.63, 3.8) is 0 Å². The van der Waals surface area contributed by atoms with Gasteiger partial charge in [0.25, 0.3) is 0 Å². The van der Waals surface area contributed by atoms with Gasteiger partial charge in [0.15, 0.2) is 5.82 Å². The number of ether oxygens (including phenoxy) is 1. The molecule has 1 aliphatic rings. The SMILES string of the molecule is COc1ccc(-c2csc(CN3CCc4nc(-c5cccs5)ncc4C3)n2)cc1. The van der Waals surface area contributed by atoms with Crippen LogP contribution in [-0.2, 0) is 19.5 Å². The average molecular weight is 421 g/mol. The summed E-state index contributed by atoms with van der Waals surface area (Å²) in [7, 11) is 1.68. The fraction of sp³-hybridized carbons (Fsp3) is 0.227. The van der Waals surface area contributed by atoms with Crippen molar-refractivity contribution >= 4 is 22.7 Å². The van der Waals surface area contributed by atoms with E-state index in [1.54, 1.807) is 29.8 Å². The van der Waals surface area contributed by atoms with Crippen molar-refractivity contribution in [2.24, 2.45) is 0 Å². The second-order valence-electron chi connectivity index (χ2n) is 6.96. The van der Waals surface area contributed by atoms with Gasteiger partial charge in [-0.05, 0) is 35.7 Å². The molecule has 0 N–H and O–H groups in total. The van der Waals surface area contributed by atoms with Crippen molar-refractivity contribution in [1.29, 1.82) is 0 Å². The van der Waals surface area contributed by atoms with Crippen LogP contribution in [0.5, 0.6) is 5.75 Å². The maximum atomic E-state index is 5.23. The summed E-state index contributed by atoms with van der Waals surface area (Å²) in [6, 6.07) is 12.2. The van der Waals surface area contributed by atoms with Gasteiger partial charge in [-0.25, -0.2) is 15.0 Å². The zero-order chi connectivity index (χ0) is 19.6. The Hall–Kier alpha value is -2.61. The van der Waals surface area contributed by atoms with E-state index in [1.165, 1.54) is 11.3 Å². The van der Waals surface area contributed by atoms with Crippen LogP contribution in [0, 0.1) is 0 Å². The first kappa shape index (κ1) is 18.4. The molecule has 0 spiro atoms. The molecule has 29 heavy (non-hydrogen) atoms. The molecule has 3 aromatic heterocycles. The normalized spacial score (nSPS) is 14.0. The van der Waals surface area contributed by atoms with Crippen LogP contribution in [0.1, 0.15) is 16.3 Å². The van der Waals surface area contributed by atoms with E-state index < -0.39 is 0 Å². The molecule has 146 valence electrons. The van der Waals surface area contributed by atoms with E-state index >= 15 is 0 Å². The molecule has 0 amide bonds. The molecular weight excluding hydrogens is 400 g/mol. The Balaban J connectivity index is 1.27. The number of rotatable bonds is 5. The molecule has 7 heteroatoms. The van der Waals surface area contributed by atoms with Crippen LogP contribution in [0.25, 0.3) is 22.0 Å². The van der Waals surface area contributed by atoms with Crippen molar-refractivity contribution in [1.82, 2.24) is 19.9 Å². The molecule has 0 fully saturated rings. The summed E-state index contributed by atoms with van der Waals surface area (Å²) in [5.74, 6) is 1.71. The van der Waals surface area contributed by atoms with E-state index in [0.717, 1.165) is 58.8 Å². The van der Waals surface area contributed by atoms with E-state index in [0.29, 0.717) is 0 Å². The number of aromatic nitrogens is 3. The van der Waals surface area contributed by atoms with E-state index in [2.05, 4.69) is 38.8 Å². The van der Waals surface area contributed by atoms with Crippen LogP contribution in [0.2, 0.25) is 0 Å². The average Bonchev–Trinajstić information content (AvgIpc) is 3.46. The minimum atomic E-state index is 0.844. The Bertz CT molecular complexity index is 1110. The number of thiophene rings is 1. The predicted octanol–water partition coefficient (Wildman–Crippen LogP) is 4.90. The molecule has 0 saturated carbocycles. The fourth-order valence-corrected chi connectivity index (χ4v) is 5.01. The highest BCUT2D eigenvalue weighted by molar-refractivity contribution is 7.13. The highest BCUT2D eigenvalue weighted by atomic mass is 32.1. The Labute approximate surface area is 177 Å². The van der Waals surface area contributed by atoms with Crippen molar-refractivity contribution < 1.29 is 4.74 Å². The second kappa shape index (κ2) is 8.02. The maximum Gasteiger partial charge on any atom is 0.169 e. The van der Waals surface area contributed by atoms with Gasteiger partial charge in [-0.2, -0.15) is 0 Å². The van der Waals surface area contributed by atoms with Gasteiger partial charge in [-0.1, -0.05) is 6.07 Å². The number of hydrogen-bond acceptors (Lipinski definition) is 7. The summed E-state index contributed by atoms with van der Waals surface area (Å²) >= 11 is 3.40. The molecule has 0 bridgehead atoms. The van der Waals surface area contributed by atoms with Crippen molar-refractivity contribution in [2.75, 3.05) is 13.7 Å². The van der Waals surface area contributed by atoms with Crippen molar-refractivity contribution in [2.45, 2.75) is 19.5 Å². The molecule has 5 nitrogen and oxygen atoms in total. The molecule has 0 unspecified atom stereocenters. The predicted molar refractivity (Wildman–Crippen MR) is 117 cm³/mol. The van der Waals surface area contributed by atoms with Gasteiger partial charge >= 0.3 is 0 Å². The Morgan fingerprint density at radius 3 is 2.79 bits per heavy atom. The first-order valence-corrected chi connectivity index (χ1v) is 11.2. The lowest BCUT2D eigenvalue weighted by atomic mass is 10.1. The minimum absolute atomic E-state index is 0.844. The molecule has 1 aliphatic heterocycles. The molecule has 4 aromatic rings. The van der Waals surface area contributed by atoms with Gasteiger partial charge in [-0.15, -0.1) is 22.7 Å². The Kier molecular flexibility index (Phi) is 5.10. The summed E-state index contributed by atoms with van der Waals surface area (Å²) in [5, 5.41) is 5.33. The van der Waals surface area contributed by atoms with Crippen molar-refractivity contribution in [3.8, 4) is 27.7 Å². The lowest BCUT2D eigenvalue weighted by Gasteiger charge is -2.27. The standard InChI is InChI=1S/C22H20N4OS2/c1-27-17-6-4-15(5-7-17)19-14-29-21(24-19)13-26-9-8-18-16(12-26)11-23-22(25-18)20-3-2-10-28-20/h2-7,10-11,14H,8-9,12-13H2,1H3. The monoisotopic (exact) mass is 420 g/mol. The quantitative estimate of drug-likeness (QED) is 0.460. The van der Waals surface area contributed by atoms with Gasteiger partial charge in [0.05, 0.1) is 29.9 Å². The number of benzene rings is 1. The summed E-state index contributed by atoms with van der Waals surface area (Å²) in [4.78, 5) is 17.8. The van der Waals surface area contributed by atoms with Crippen LogP contribution < -0.4 is 4.74 Å². The summed E-state index contributed by atoms with van der Waals surface area (Å²) in [6.07, 6.45) is 2.95. The smallest absolute Gasteiger partial charge is 0.169 e. The molecular formula is C22H20N4OS2. The van der Waals surface area contributed by atoms with Crippen LogP contribution in [-0.4, -0.2) is 33.5 Å². The first-order chi connectivity index (χ1) is 14.3. The first-order valence-electron chi connectivity index (χ1n) is 9.48. The van der Waals surface area contributed by atoms with E-state index in [-0.39, 0.29) is 0 Å². The van der Waals surface area contributed by atoms with E-state index in [9.17, 15) is 0 Å². The molecule has 0 radical (unpaired) electrons. The highest BCUT2D eigenvalue weighted by Gasteiger charge is 2.20. The summed E-state index contributed by atoms with van der Waals surface area (Å²) in [5.41, 5.74) is 4.54. The number of fused-ring (bicyclic) bond motifs is 1. The minimum Gasteiger partial charge on any atom is -0.497 e. The maximum absolute atomic E-state index is 5.23. The van der Waals surface area contributed by atoms with Gasteiger partial charge in [0.1, 0.15) is 10.8 Å². The molecule has 5 rings (SSSR count). The van der Waals surface area contributed by atoms with E-state index in [4.69, 9.17) is 14.7 Å². The van der Waals surface area contributed by atoms with Gasteiger partial charge < -0.3 is 4.74 Å². The summed E-state index contributed by atoms with van der Waals surface area (Å²) in [6.45, 7) is 2.72. The number of thiazole rings is 1. The van der Waals surface area contributed by atoms with Gasteiger partial charge in [0, 0.05) is 42.2 Å². The number of nitrogens with zero attached hydrogens (tertiary/aromatic N) is 4. The Morgan fingerprint density at radius 1 is 1.10 bits per heavy atom. The molecule has 0 atom stereocenters. The number of hydrogen-bond donors (Lipinski definition) is 0.